The second-order valence-corrected chi connectivity index (χ2v) is 9.46. The molecule has 33 heavy (non-hydrogen) atoms. The van der Waals surface area contributed by atoms with Crippen LogP contribution < -0.4 is 10.2 Å². The molecule has 0 aliphatic carbocycles. The van der Waals surface area contributed by atoms with E-state index in [9.17, 15) is 4.79 Å². The Morgan fingerprint density at radius 3 is 1.97 bits per heavy atom. The summed E-state index contributed by atoms with van der Waals surface area (Å²) in [6.45, 7) is 8.67. The first kappa shape index (κ1) is 27.6. The maximum Gasteiger partial charge on any atom is 0.252 e. The minimum absolute atomic E-state index is 0.0131. The lowest BCUT2D eigenvalue weighted by Crippen LogP contribution is -2.46. The number of hydrogen-bond donors (Lipinski definition) is 2. The van der Waals surface area contributed by atoms with Gasteiger partial charge in [-0.3, -0.25) is 9.69 Å². The Morgan fingerprint density at radius 2 is 1.45 bits per heavy atom. The van der Waals surface area contributed by atoms with Gasteiger partial charge in [-0.05, 0) is 37.9 Å². The predicted molar refractivity (Wildman–Crippen MR) is 138 cm³/mol. The normalized spacial score (nSPS) is 14.5. The lowest BCUT2D eigenvalue weighted by atomic mass is 10.1. The number of aromatic nitrogens is 1. The number of nitrogens with zero attached hydrogens (tertiary/aromatic N) is 3. The molecule has 1 fully saturated rings. The van der Waals surface area contributed by atoms with Crippen molar-refractivity contribution in [1.82, 2.24) is 15.2 Å². The van der Waals surface area contributed by atoms with Crippen molar-refractivity contribution in [1.29, 1.82) is 0 Å². The lowest BCUT2D eigenvalue weighted by molar-refractivity contribution is 0.0952. The Labute approximate surface area is 202 Å². The topological polar surface area (TPSA) is 68.7 Å². The van der Waals surface area contributed by atoms with Crippen molar-refractivity contribution < 1.29 is 9.90 Å². The molecule has 6 nitrogen and oxygen atoms in total. The molecule has 0 atom stereocenters. The van der Waals surface area contributed by atoms with E-state index in [1.54, 1.807) is 6.20 Å². The summed E-state index contributed by atoms with van der Waals surface area (Å²) in [6, 6.07) is 3.89. The van der Waals surface area contributed by atoms with Gasteiger partial charge in [0.15, 0.2) is 0 Å². The van der Waals surface area contributed by atoms with E-state index < -0.39 is 0 Å². The van der Waals surface area contributed by atoms with Crippen LogP contribution in [0.3, 0.4) is 0 Å². The maximum absolute atomic E-state index is 12.4. The zero-order valence-electron chi connectivity index (χ0n) is 21.1. The molecular weight excluding hydrogens is 412 g/mol. The number of nitrogens with one attached hydrogen (secondary N) is 1. The van der Waals surface area contributed by atoms with Crippen molar-refractivity contribution in [3.05, 3.63) is 23.9 Å². The SMILES string of the molecule is CCCN1CCN(c2ccc(C(=O)NCCCCCCCCCCCCCCO)cn2)CC1. The Kier molecular flexibility index (Phi) is 14.9. The highest BCUT2D eigenvalue weighted by Gasteiger charge is 2.17. The van der Waals surface area contributed by atoms with E-state index in [0.717, 1.165) is 51.4 Å². The average molecular weight is 461 g/mol. The molecule has 2 heterocycles. The van der Waals surface area contributed by atoms with Crippen LogP contribution in [0.5, 0.6) is 0 Å². The number of rotatable bonds is 18. The van der Waals surface area contributed by atoms with Gasteiger partial charge in [0, 0.05) is 45.5 Å². The van der Waals surface area contributed by atoms with E-state index >= 15 is 0 Å². The van der Waals surface area contributed by atoms with Crippen molar-refractivity contribution >= 4 is 11.7 Å². The van der Waals surface area contributed by atoms with E-state index in [1.165, 1.54) is 77.2 Å². The number of aliphatic hydroxyl groups excluding tert-OH is 1. The van der Waals surface area contributed by atoms with Crippen LogP contribution in [-0.4, -0.2) is 66.8 Å². The quantitative estimate of drug-likeness (QED) is 0.301. The van der Waals surface area contributed by atoms with Crippen LogP contribution in [0.25, 0.3) is 0 Å². The molecule has 0 saturated carbocycles. The number of piperazine rings is 1. The largest absolute Gasteiger partial charge is 0.396 e. The van der Waals surface area contributed by atoms with Gasteiger partial charge in [0.2, 0.25) is 0 Å². The van der Waals surface area contributed by atoms with Gasteiger partial charge in [-0.25, -0.2) is 4.98 Å². The van der Waals surface area contributed by atoms with Crippen LogP contribution in [0.2, 0.25) is 0 Å². The molecule has 2 rings (SSSR count). The van der Waals surface area contributed by atoms with Crippen molar-refractivity contribution in [2.75, 3.05) is 50.8 Å². The minimum atomic E-state index is -0.0131. The Bertz CT molecular complexity index is 615. The third-order valence-electron chi connectivity index (χ3n) is 6.62. The number of carbonyl (C=O) groups is 1. The Balaban J connectivity index is 1.46. The standard InChI is InChI=1S/C27H48N4O2/c1-2-18-30-19-21-31(22-20-30)26-16-15-25(24-29-26)27(33)28-17-13-11-9-7-5-3-4-6-8-10-12-14-23-32/h15-16,24,32H,2-14,17-23H2,1H3,(H,28,33). The van der Waals surface area contributed by atoms with Crippen LogP contribution >= 0.6 is 0 Å². The molecule has 6 heteroatoms. The molecule has 1 saturated heterocycles. The molecule has 1 aromatic heterocycles. The molecule has 0 unspecified atom stereocenters. The smallest absolute Gasteiger partial charge is 0.252 e. The summed E-state index contributed by atoms with van der Waals surface area (Å²) < 4.78 is 0. The molecular formula is C27H48N4O2. The molecule has 0 bridgehead atoms. The summed E-state index contributed by atoms with van der Waals surface area (Å²) in [5.74, 6) is 0.963. The molecule has 0 aromatic carbocycles. The van der Waals surface area contributed by atoms with E-state index in [0.29, 0.717) is 12.2 Å². The van der Waals surface area contributed by atoms with Crippen molar-refractivity contribution in [2.24, 2.45) is 0 Å². The Morgan fingerprint density at radius 1 is 0.879 bits per heavy atom. The summed E-state index contributed by atoms with van der Waals surface area (Å²) >= 11 is 0. The zero-order valence-corrected chi connectivity index (χ0v) is 21.1. The van der Waals surface area contributed by atoms with Crippen molar-refractivity contribution in [3.8, 4) is 0 Å². The van der Waals surface area contributed by atoms with Crippen LogP contribution in [0.1, 0.15) is 101 Å². The molecule has 188 valence electrons. The number of carbonyl (C=O) groups excluding carboxylic acids is 1. The molecule has 0 spiro atoms. The minimum Gasteiger partial charge on any atom is -0.396 e. The molecule has 1 aliphatic heterocycles. The number of unbranched alkanes of at least 4 members (excludes halogenated alkanes) is 11. The maximum atomic E-state index is 12.4. The fourth-order valence-electron chi connectivity index (χ4n) is 4.53. The third-order valence-corrected chi connectivity index (χ3v) is 6.62. The van der Waals surface area contributed by atoms with Gasteiger partial charge >= 0.3 is 0 Å². The first-order chi connectivity index (χ1) is 16.2. The van der Waals surface area contributed by atoms with E-state index in [4.69, 9.17) is 5.11 Å². The second kappa shape index (κ2) is 17.8. The summed E-state index contributed by atoms with van der Waals surface area (Å²) in [5, 5.41) is 11.8. The molecule has 0 radical (unpaired) electrons. The Hall–Kier alpha value is -1.66. The number of anilines is 1. The fourth-order valence-corrected chi connectivity index (χ4v) is 4.53. The highest BCUT2D eigenvalue weighted by molar-refractivity contribution is 5.94. The van der Waals surface area contributed by atoms with Crippen LogP contribution in [0.4, 0.5) is 5.82 Å². The van der Waals surface area contributed by atoms with Gasteiger partial charge in [-0.1, -0.05) is 71.1 Å². The fraction of sp³-hybridized carbons (Fsp3) is 0.778. The van der Waals surface area contributed by atoms with E-state index in [1.807, 2.05) is 12.1 Å². The summed E-state index contributed by atoms with van der Waals surface area (Å²) in [5.41, 5.74) is 0.653. The van der Waals surface area contributed by atoms with Gasteiger partial charge in [0.05, 0.1) is 5.56 Å². The number of aliphatic hydroxyl groups is 1. The second-order valence-electron chi connectivity index (χ2n) is 9.46. The van der Waals surface area contributed by atoms with E-state index in [-0.39, 0.29) is 5.91 Å². The molecule has 1 aliphatic rings. The molecule has 1 amide bonds. The van der Waals surface area contributed by atoms with Crippen molar-refractivity contribution in [2.45, 2.75) is 90.4 Å². The first-order valence-corrected chi connectivity index (χ1v) is 13.6. The third kappa shape index (κ3) is 11.9. The highest BCUT2D eigenvalue weighted by atomic mass is 16.2. The summed E-state index contributed by atoms with van der Waals surface area (Å²) in [7, 11) is 0. The highest BCUT2D eigenvalue weighted by Crippen LogP contribution is 2.15. The van der Waals surface area contributed by atoms with E-state index in [2.05, 4.69) is 27.0 Å². The van der Waals surface area contributed by atoms with Gasteiger partial charge < -0.3 is 15.3 Å². The van der Waals surface area contributed by atoms with Crippen molar-refractivity contribution in [3.63, 3.8) is 0 Å². The molecule has 1 aromatic rings. The predicted octanol–water partition coefficient (Wildman–Crippen LogP) is 5.02. The van der Waals surface area contributed by atoms with Gasteiger partial charge in [-0.2, -0.15) is 0 Å². The van der Waals surface area contributed by atoms with Gasteiger partial charge in [0.25, 0.3) is 5.91 Å². The zero-order chi connectivity index (χ0) is 23.6. The number of amides is 1. The molecule has 2 N–H and O–H groups in total. The van der Waals surface area contributed by atoms with Gasteiger partial charge in [0.1, 0.15) is 5.82 Å². The first-order valence-electron chi connectivity index (χ1n) is 13.6. The van der Waals surface area contributed by atoms with Gasteiger partial charge in [-0.15, -0.1) is 0 Å². The van der Waals surface area contributed by atoms with Crippen LogP contribution in [-0.2, 0) is 0 Å². The summed E-state index contributed by atoms with van der Waals surface area (Å²) in [6.07, 6.45) is 17.8. The van der Waals surface area contributed by atoms with Crippen LogP contribution in [0.15, 0.2) is 18.3 Å². The van der Waals surface area contributed by atoms with Crippen LogP contribution in [0, 0.1) is 0 Å². The number of pyridine rings is 1. The number of hydrogen-bond acceptors (Lipinski definition) is 5. The summed E-state index contributed by atoms with van der Waals surface area (Å²) in [4.78, 5) is 21.7. The lowest BCUT2D eigenvalue weighted by Gasteiger charge is -2.35. The average Bonchev–Trinajstić information content (AvgIpc) is 2.85. The monoisotopic (exact) mass is 460 g/mol.